The standard InChI is InChI=1S/C16H25N5OS/c1-10(2)8-21-13(5)12(4)17-16(21)23-9-15(22)18-14-7-11(3)19-20(14)6/h7,10H,8-9H2,1-6H3,(H,18,22). The lowest BCUT2D eigenvalue weighted by Gasteiger charge is -2.12. The SMILES string of the molecule is Cc1cc(NC(=O)CSc2nc(C)c(C)n2CC(C)C)n(C)n1. The zero-order valence-electron chi connectivity index (χ0n) is 14.7. The quantitative estimate of drug-likeness (QED) is 0.824. The number of anilines is 1. The summed E-state index contributed by atoms with van der Waals surface area (Å²) < 4.78 is 3.87. The van der Waals surface area contributed by atoms with E-state index in [0.717, 1.165) is 23.1 Å². The highest BCUT2D eigenvalue weighted by Gasteiger charge is 2.15. The molecule has 0 aliphatic rings. The number of imidazole rings is 1. The molecule has 0 bridgehead atoms. The van der Waals surface area contributed by atoms with Gasteiger partial charge in [-0.25, -0.2) is 4.98 Å². The lowest BCUT2D eigenvalue weighted by molar-refractivity contribution is -0.113. The van der Waals surface area contributed by atoms with Gasteiger partial charge < -0.3 is 9.88 Å². The smallest absolute Gasteiger partial charge is 0.235 e. The molecule has 1 N–H and O–H groups in total. The van der Waals surface area contributed by atoms with E-state index in [1.54, 1.807) is 4.68 Å². The topological polar surface area (TPSA) is 64.7 Å². The number of nitrogens with zero attached hydrogens (tertiary/aromatic N) is 4. The highest BCUT2D eigenvalue weighted by atomic mass is 32.2. The molecule has 2 heterocycles. The summed E-state index contributed by atoms with van der Waals surface area (Å²) in [6.07, 6.45) is 0. The van der Waals surface area contributed by atoms with Gasteiger partial charge >= 0.3 is 0 Å². The molecule has 7 heteroatoms. The molecule has 0 spiro atoms. The number of aromatic nitrogens is 4. The van der Waals surface area contributed by atoms with Crippen LogP contribution in [0.4, 0.5) is 5.82 Å². The highest BCUT2D eigenvalue weighted by Crippen LogP contribution is 2.22. The molecule has 0 aliphatic heterocycles. The summed E-state index contributed by atoms with van der Waals surface area (Å²) in [4.78, 5) is 16.8. The molecular formula is C16H25N5OS. The molecule has 23 heavy (non-hydrogen) atoms. The Kier molecular flexibility index (Phi) is 5.51. The monoisotopic (exact) mass is 335 g/mol. The van der Waals surface area contributed by atoms with Crippen molar-refractivity contribution in [1.29, 1.82) is 0 Å². The van der Waals surface area contributed by atoms with Crippen molar-refractivity contribution in [3.8, 4) is 0 Å². The lowest BCUT2D eigenvalue weighted by Crippen LogP contribution is -2.17. The van der Waals surface area contributed by atoms with E-state index in [4.69, 9.17) is 0 Å². The van der Waals surface area contributed by atoms with Crippen LogP contribution in [0.25, 0.3) is 0 Å². The number of thioether (sulfide) groups is 1. The molecule has 1 amide bonds. The first-order valence-electron chi connectivity index (χ1n) is 7.75. The van der Waals surface area contributed by atoms with Crippen LogP contribution in [-0.2, 0) is 18.4 Å². The fourth-order valence-electron chi connectivity index (χ4n) is 2.35. The average molecular weight is 335 g/mol. The van der Waals surface area contributed by atoms with Gasteiger partial charge in [-0.05, 0) is 26.7 Å². The summed E-state index contributed by atoms with van der Waals surface area (Å²) in [5.41, 5.74) is 3.08. The Labute approximate surface area is 141 Å². The van der Waals surface area contributed by atoms with Crippen LogP contribution in [0.2, 0.25) is 0 Å². The van der Waals surface area contributed by atoms with Crippen LogP contribution in [0.15, 0.2) is 11.2 Å². The van der Waals surface area contributed by atoms with Crippen LogP contribution in [-0.4, -0.2) is 31.0 Å². The maximum atomic E-state index is 12.2. The fourth-order valence-corrected chi connectivity index (χ4v) is 3.25. The first-order chi connectivity index (χ1) is 10.8. The van der Waals surface area contributed by atoms with E-state index >= 15 is 0 Å². The van der Waals surface area contributed by atoms with Crippen molar-refractivity contribution >= 4 is 23.5 Å². The Bertz CT molecular complexity index is 702. The van der Waals surface area contributed by atoms with E-state index in [9.17, 15) is 4.79 Å². The third kappa shape index (κ3) is 4.37. The molecule has 6 nitrogen and oxygen atoms in total. The minimum absolute atomic E-state index is 0.0487. The van der Waals surface area contributed by atoms with Crippen molar-refractivity contribution in [2.24, 2.45) is 13.0 Å². The van der Waals surface area contributed by atoms with Crippen LogP contribution in [0.1, 0.15) is 30.9 Å². The van der Waals surface area contributed by atoms with E-state index < -0.39 is 0 Å². The molecule has 126 valence electrons. The van der Waals surface area contributed by atoms with Crippen molar-refractivity contribution in [1.82, 2.24) is 19.3 Å². The van der Waals surface area contributed by atoms with Gasteiger partial charge in [-0.1, -0.05) is 25.6 Å². The number of rotatable bonds is 6. The minimum Gasteiger partial charge on any atom is -0.323 e. The maximum absolute atomic E-state index is 12.2. The second-order valence-electron chi connectivity index (χ2n) is 6.20. The molecule has 0 unspecified atom stereocenters. The zero-order chi connectivity index (χ0) is 17.1. The predicted molar refractivity (Wildman–Crippen MR) is 93.8 cm³/mol. The second kappa shape index (κ2) is 7.21. The number of carbonyl (C=O) groups is 1. The molecular weight excluding hydrogens is 310 g/mol. The molecule has 2 rings (SSSR count). The van der Waals surface area contributed by atoms with Crippen LogP contribution >= 0.6 is 11.8 Å². The van der Waals surface area contributed by atoms with Gasteiger partial charge in [0.15, 0.2) is 5.16 Å². The third-order valence-electron chi connectivity index (χ3n) is 3.57. The van der Waals surface area contributed by atoms with Gasteiger partial charge in [0.1, 0.15) is 5.82 Å². The van der Waals surface area contributed by atoms with E-state index in [1.807, 2.05) is 27.0 Å². The summed E-state index contributed by atoms with van der Waals surface area (Å²) in [6, 6.07) is 1.86. The van der Waals surface area contributed by atoms with E-state index in [-0.39, 0.29) is 5.91 Å². The van der Waals surface area contributed by atoms with Gasteiger partial charge in [0.05, 0.1) is 17.1 Å². The Balaban J connectivity index is 2.01. The van der Waals surface area contributed by atoms with Crippen LogP contribution in [0.3, 0.4) is 0 Å². The average Bonchev–Trinajstić information content (AvgIpc) is 2.90. The molecule has 0 aromatic carbocycles. The number of hydrogen-bond acceptors (Lipinski definition) is 4. The molecule has 0 radical (unpaired) electrons. The van der Waals surface area contributed by atoms with Crippen LogP contribution in [0.5, 0.6) is 0 Å². The third-order valence-corrected chi connectivity index (χ3v) is 4.55. The molecule has 0 aliphatic carbocycles. The first kappa shape index (κ1) is 17.6. The summed E-state index contributed by atoms with van der Waals surface area (Å²) >= 11 is 1.47. The second-order valence-corrected chi connectivity index (χ2v) is 7.14. The van der Waals surface area contributed by atoms with Gasteiger partial charge in [-0.15, -0.1) is 0 Å². The van der Waals surface area contributed by atoms with Gasteiger partial charge in [0.2, 0.25) is 5.91 Å². The van der Waals surface area contributed by atoms with Gasteiger partial charge in [0, 0.05) is 25.4 Å². The number of carbonyl (C=O) groups excluding carboxylic acids is 1. The van der Waals surface area contributed by atoms with Crippen LogP contribution in [0, 0.1) is 26.7 Å². The Morgan fingerprint density at radius 1 is 1.35 bits per heavy atom. The molecule has 2 aromatic rings. The van der Waals surface area contributed by atoms with Gasteiger partial charge in [0.25, 0.3) is 0 Å². The molecule has 0 saturated carbocycles. The predicted octanol–water partition coefficient (Wildman–Crippen LogP) is 2.93. The normalized spacial score (nSPS) is 11.3. The fraction of sp³-hybridized carbons (Fsp3) is 0.562. The maximum Gasteiger partial charge on any atom is 0.235 e. The first-order valence-corrected chi connectivity index (χ1v) is 8.73. The number of aryl methyl sites for hydroxylation is 3. The minimum atomic E-state index is -0.0487. The van der Waals surface area contributed by atoms with Crippen molar-refractivity contribution in [3.05, 3.63) is 23.1 Å². The number of hydrogen-bond donors (Lipinski definition) is 1. The zero-order valence-corrected chi connectivity index (χ0v) is 15.5. The Morgan fingerprint density at radius 3 is 2.61 bits per heavy atom. The Hall–Kier alpha value is -1.76. The van der Waals surface area contributed by atoms with E-state index in [1.165, 1.54) is 17.5 Å². The Morgan fingerprint density at radius 2 is 2.04 bits per heavy atom. The van der Waals surface area contributed by atoms with Crippen molar-refractivity contribution in [2.75, 3.05) is 11.1 Å². The highest BCUT2D eigenvalue weighted by molar-refractivity contribution is 7.99. The largest absolute Gasteiger partial charge is 0.323 e. The lowest BCUT2D eigenvalue weighted by atomic mass is 10.2. The summed E-state index contributed by atoms with van der Waals surface area (Å²) in [7, 11) is 1.82. The van der Waals surface area contributed by atoms with Gasteiger partial charge in [-0.2, -0.15) is 5.10 Å². The molecule has 0 atom stereocenters. The molecule has 0 saturated heterocycles. The van der Waals surface area contributed by atoms with Crippen LogP contribution < -0.4 is 5.32 Å². The van der Waals surface area contributed by atoms with E-state index in [2.05, 4.69) is 40.7 Å². The molecule has 2 aromatic heterocycles. The summed E-state index contributed by atoms with van der Waals surface area (Å²) in [5.74, 6) is 1.53. The number of amides is 1. The number of nitrogens with one attached hydrogen (secondary N) is 1. The van der Waals surface area contributed by atoms with Crippen molar-refractivity contribution in [2.45, 2.75) is 46.3 Å². The van der Waals surface area contributed by atoms with Crippen molar-refractivity contribution < 1.29 is 4.79 Å². The molecule has 0 fully saturated rings. The summed E-state index contributed by atoms with van der Waals surface area (Å²) in [5, 5.41) is 8.02. The van der Waals surface area contributed by atoms with E-state index in [0.29, 0.717) is 17.5 Å². The van der Waals surface area contributed by atoms with Gasteiger partial charge in [-0.3, -0.25) is 9.48 Å². The van der Waals surface area contributed by atoms with Crippen molar-refractivity contribution in [3.63, 3.8) is 0 Å². The summed E-state index contributed by atoms with van der Waals surface area (Å²) in [6.45, 7) is 11.3.